The van der Waals surface area contributed by atoms with Crippen LogP contribution < -0.4 is 15.4 Å². The largest absolute Gasteiger partial charge is 0.457 e. The van der Waals surface area contributed by atoms with E-state index in [0.29, 0.717) is 24.0 Å². The Morgan fingerprint density at radius 2 is 1.54 bits per heavy atom. The number of carbonyl (C=O) groups is 1. The topological polar surface area (TPSA) is 102 Å². The second-order valence-corrected chi connectivity index (χ2v) is 14.1. The molecule has 2 heterocycles. The van der Waals surface area contributed by atoms with Gasteiger partial charge in [-0.15, -0.1) is 0 Å². The monoisotopic (exact) mass is 727 g/mol. The number of ether oxygens (including phenoxy) is 4. The quantitative estimate of drug-likeness (QED) is 0.111. The van der Waals surface area contributed by atoms with Crippen molar-refractivity contribution in [3.63, 3.8) is 0 Å². The average molecular weight is 728 g/mol. The van der Waals surface area contributed by atoms with Crippen molar-refractivity contribution in [2.24, 2.45) is 5.92 Å². The minimum absolute atomic E-state index is 0.00475. The van der Waals surface area contributed by atoms with Gasteiger partial charge in [0.1, 0.15) is 11.5 Å². The molecular formula is C45H49N3O6. The molecule has 0 aliphatic carbocycles. The van der Waals surface area contributed by atoms with Gasteiger partial charge in [-0.25, -0.2) is 4.79 Å². The molecule has 2 aliphatic rings. The van der Waals surface area contributed by atoms with Gasteiger partial charge in [0.25, 0.3) is 0 Å². The molecule has 2 saturated heterocycles. The summed E-state index contributed by atoms with van der Waals surface area (Å²) in [6.07, 6.45) is 1.50. The highest BCUT2D eigenvalue weighted by Crippen LogP contribution is 2.42. The Labute approximate surface area is 317 Å². The number of para-hydroxylation sites is 1. The highest BCUT2D eigenvalue weighted by Gasteiger charge is 2.40. The molecule has 9 heteroatoms. The van der Waals surface area contributed by atoms with Gasteiger partial charge in [0, 0.05) is 43.4 Å². The minimum Gasteiger partial charge on any atom is -0.457 e. The Kier molecular flexibility index (Phi) is 12.3. The van der Waals surface area contributed by atoms with Crippen LogP contribution in [0.2, 0.25) is 0 Å². The van der Waals surface area contributed by atoms with Crippen molar-refractivity contribution in [3.8, 4) is 22.6 Å². The van der Waals surface area contributed by atoms with Gasteiger partial charge < -0.3 is 34.7 Å². The number of hydrogen-bond donors (Lipinski definition) is 3. The van der Waals surface area contributed by atoms with E-state index >= 15 is 0 Å². The Morgan fingerprint density at radius 1 is 0.833 bits per heavy atom. The smallest absolute Gasteiger partial charge is 0.319 e. The van der Waals surface area contributed by atoms with E-state index < -0.39 is 6.29 Å². The molecule has 5 aromatic carbocycles. The van der Waals surface area contributed by atoms with E-state index in [0.717, 1.165) is 71.7 Å². The zero-order chi connectivity index (χ0) is 37.3. The SMILES string of the molecule is COC[C@@H]1CCCN1C[C@@H]1O[C@H](c2ccc(-c3ccccc3CNC(=O)Nc3ccc(Oc4ccccc4)cc3)cc2)O[C@H](c2ccc(CO)cc2)[C@@H]1C. The predicted octanol–water partition coefficient (Wildman–Crippen LogP) is 8.86. The lowest BCUT2D eigenvalue weighted by atomic mass is 9.89. The number of urea groups is 1. The van der Waals surface area contributed by atoms with E-state index in [9.17, 15) is 9.90 Å². The second kappa shape index (κ2) is 17.9. The van der Waals surface area contributed by atoms with E-state index in [4.69, 9.17) is 18.9 Å². The molecular weight excluding hydrogens is 679 g/mol. The summed E-state index contributed by atoms with van der Waals surface area (Å²) in [5.74, 6) is 1.55. The molecule has 280 valence electrons. The zero-order valence-electron chi connectivity index (χ0n) is 30.9. The summed E-state index contributed by atoms with van der Waals surface area (Å²) in [7, 11) is 1.77. The molecule has 0 radical (unpaired) electrons. The number of nitrogens with zero attached hydrogens (tertiary/aromatic N) is 1. The lowest BCUT2D eigenvalue weighted by Gasteiger charge is -2.43. The average Bonchev–Trinajstić information content (AvgIpc) is 3.65. The summed E-state index contributed by atoms with van der Waals surface area (Å²) in [6, 6.07) is 41.4. The maximum Gasteiger partial charge on any atom is 0.319 e. The summed E-state index contributed by atoms with van der Waals surface area (Å²) in [4.78, 5) is 15.4. The number of rotatable bonds is 13. The molecule has 0 saturated carbocycles. The number of anilines is 1. The molecule has 5 atom stereocenters. The number of aliphatic hydroxyl groups excluding tert-OH is 1. The van der Waals surface area contributed by atoms with Gasteiger partial charge in [0.2, 0.25) is 0 Å². The van der Waals surface area contributed by atoms with Gasteiger partial charge in [-0.1, -0.05) is 97.9 Å². The van der Waals surface area contributed by atoms with Crippen LogP contribution in [-0.4, -0.2) is 55.0 Å². The molecule has 54 heavy (non-hydrogen) atoms. The number of aliphatic hydroxyl groups is 1. The predicted molar refractivity (Wildman–Crippen MR) is 210 cm³/mol. The number of nitrogens with one attached hydrogen (secondary N) is 2. The Bertz CT molecular complexity index is 1940. The first kappa shape index (κ1) is 37.3. The third-order valence-corrected chi connectivity index (χ3v) is 10.4. The first-order valence-electron chi connectivity index (χ1n) is 18.8. The number of carbonyl (C=O) groups excluding carboxylic acids is 1. The van der Waals surface area contributed by atoms with E-state index in [1.54, 1.807) is 7.11 Å². The van der Waals surface area contributed by atoms with Crippen LogP contribution >= 0.6 is 0 Å². The summed E-state index contributed by atoms with van der Waals surface area (Å²) < 4.78 is 24.9. The van der Waals surface area contributed by atoms with Gasteiger partial charge in [-0.05, 0) is 83.6 Å². The third-order valence-electron chi connectivity index (χ3n) is 10.4. The highest BCUT2D eigenvalue weighted by atomic mass is 16.7. The Balaban J connectivity index is 1.02. The molecule has 5 aromatic rings. The molecule has 2 aliphatic heterocycles. The highest BCUT2D eigenvalue weighted by molar-refractivity contribution is 5.89. The van der Waals surface area contributed by atoms with Crippen molar-refractivity contribution < 1.29 is 28.8 Å². The standard InChI is InChI=1S/C45H49N3O6/c1-31-42(28-48-26-8-10-38(48)30-51-2)53-44(54-43(31)34-16-14-32(29-49)15-17-34)35-20-18-33(19-21-35)41-13-7-6-9-36(41)27-46-45(50)47-37-22-24-40(25-23-37)52-39-11-4-3-5-12-39/h3-7,9,11-25,31,38,42-44,49H,8,10,26-30H2,1-2H3,(H2,46,47,50)/t31-,38+,42+,43+,44+/m1/s1. The first-order valence-corrected chi connectivity index (χ1v) is 18.8. The van der Waals surface area contributed by atoms with Crippen LogP contribution in [0.5, 0.6) is 11.5 Å². The van der Waals surface area contributed by atoms with Gasteiger partial charge in [-0.3, -0.25) is 4.90 Å². The lowest BCUT2D eigenvalue weighted by Crippen LogP contribution is -2.46. The van der Waals surface area contributed by atoms with Crippen LogP contribution in [-0.2, 0) is 27.4 Å². The molecule has 0 spiro atoms. The van der Waals surface area contributed by atoms with Crippen LogP contribution in [0.4, 0.5) is 10.5 Å². The van der Waals surface area contributed by atoms with Crippen molar-refractivity contribution in [1.82, 2.24) is 10.2 Å². The van der Waals surface area contributed by atoms with E-state index in [2.05, 4.69) is 64.9 Å². The fourth-order valence-electron chi connectivity index (χ4n) is 7.43. The van der Waals surface area contributed by atoms with E-state index in [1.165, 1.54) is 0 Å². The normalized spacial score (nSPS) is 21.4. The van der Waals surface area contributed by atoms with Gasteiger partial charge in [0.05, 0.1) is 25.4 Å². The number of amides is 2. The van der Waals surface area contributed by atoms with Gasteiger partial charge in [-0.2, -0.15) is 0 Å². The van der Waals surface area contributed by atoms with Crippen LogP contribution in [0.15, 0.2) is 127 Å². The second-order valence-electron chi connectivity index (χ2n) is 14.1. The maximum atomic E-state index is 12.9. The summed E-state index contributed by atoms with van der Waals surface area (Å²) >= 11 is 0. The van der Waals surface area contributed by atoms with Crippen LogP contribution in [0.25, 0.3) is 11.1 Å². The number of hydrogen-bond acceptors (Lipinski definition) is 7. The fourth-order valence-corrected chi connectivity index (χ4v) is 7.43. The summed E-state index contributed by atoms with van der Waals surface area (Å²) in [6.45, 7) is 5.12. The molecule has 3 N–H and O–H groups in total. The number of benzene rings is 5. The summed E-state index contributed by atoms with van der Waals surface area (Å²) in [5, 5.41) is 15.5. The van der Waals surface area contributed by atoms with E-state index in [-0.39, 0.29) is 30.8 Å². The van der Waals surface area contributed by atoms with Crippen LogP contribution in [0.3, 0.4) is 0 Å². The van der Waals surface area contributed by atoms with Crippen molar-refractivity contribution in [2.45, 2.75) is 57.5 Å². The number of methoxy groups -OCH3 is 1. The molecule has 2 amide bonds. The fraction of sp³-hybridized carbons (Fsp3) is 0.311. The first-order chi connectivity index (χ1) is 26.5. The van der Waals surface area contributed by atoms with Crippen molar-refractivity contribution in [1.29, 1.82) is 0 Å². The van der Waals surface area contributed by atoms with Crippen molar-refractivity contribution in [3.05, 3.63) is 150 Å². The van der Waals surface area contributed by atoms with Crippen molar-refractivity contribution >= 4 is 11.7 Å². The molecule has 0 unspecified atom stereocenters. The van der Waals surface area contributed by atoms with Gasteiger partial charge >= 0.3 is 6.03 Å². The van der Waals surface area contributed by atoms with Crippen molar-refractivity contribution in [2.75, 3.05) is 32.1 Å². The molecule has 2 fully saturated rings. The molecule has 0 bridgehead atoms. The Hall–Kier alpha value is -5.03. The van der Waals surface area contributed by atoms with Crippen LogP contribution in [0, 0.1) is 5.92 Å². The van der Waals surface area contributed by atoms with Crippen LogP contribution in [0.1, 0.15) is 54.4 Å². The molecule has 0 aromatic heterocycles. The Morgan fingerprint density at radius 3 is 2.28 bits per heavy atom. The third kappa shape index (κ3) is 9.18. The number of likely N-dealkylation sites (tertiary alicyclic amines) is 1. The van der Waals surface area contributed by atoms with Gasteiger partial charge in [0.15, 0.2) is 6.29 Å². The lowest BCUT2D eigenvalue weighted by molar-refractivity contribution is -0.276. The maximum absolute atomic E-state index is 12.9. The summed E-state index contributed by atoms with van der Waals surface area (Å²) in [5.41, 5.74) is 6.61. The zero-order valence-corrected chi connectivity index (χ0v) is 30.9. The molecule has 7 rings (SSSR count). The van der Waals surface area contributed by atoms with E-state index in [1.807, 2.05) is 84.9 Å². The minimum atomic E-state index is -0.550. The molecule has 9 nitrogen and oxygen atoms in total.